The maximum absolute atomic E-state index is 12.5. The van der Waals surface area contributed by atoms with E-state index in [2.05, 4.69) is 55.6 Å². The smallest absolute Gasteiger partial charge is 0.305 e. The summed E-state index contributed by atoms with van der Waals surface area (Å²) in [5.41, 5.74) is 0. The van der Waals surface area contributed by atoms with Crippen LogP contribution in [-0.2, 0) is 14.3 Å². The number of hydrogen-bond donors (Lipinski definition) is 3. The van der Waals surface area contributed by atoms with E-state index in [-0.39, 0.29) is 18.5 Å². The number of aliphatic hydroxyl groups is 2. The van der Waals surface area contributed by atoms with Crippen LogP contribution in [0.1, 0.15) is 431 Å². The Morgan fingerprint density at radius 3 is 0.908 bits per heavy atom. The lowest BCUT2D eigenvalue weighted by molar-refractivity contribution is -0.143. The third-order valence-electron chi connectivity index (χ3n) is 18.3. The van der Waals surface area contributed by atoms with E-state index >= 15 is 0 Å². The normalized spacial score (nSPS) is 12.7. The average molecular weight is 1220 g/mol. The molecule has 0 heterocycles. The first-order valence-electron chi connectivity index (χ1n) is 39.4. The Morgan fingerprint density at radius 1 is 0.322 bits per heavy atom. The van der Waals surface area contributed by atoms with Gasteiger partial charge >= 0.3 is 5.97 Å². The number of carbonyl (C=O) groups is 2. The number of hydrogen-bond acceptors (Lipinski definition) is 5. The summed E-state index contributed by atoms with van der Waals surface area (Å²) in [5.74, 6) is -0.0501. The standard InChI is InChI=1S/C81H153NO5/c1-3-5-7-9-11-13-15-17-19-21-23-24-34-38-41-45-49-53-57-61-65-69-73-79(84)78(77-83)82-80(85)74-70-66-62-58-54-50-46-42-39-35-32-30-28-26-25-27-29-31-33-36-40-44-48-52-56-60-64-68-72-76-87-81(86)75-71-67-63-59-55-51-47-43-37-22-20-18-16-14-12-10-8-6-4-2/h12,14,18,20,25,27,69,73,78-79,83-84H,3-11,13,15-17,19,21-24,26,28-68,70-72,74-77H2,1-2H3,(H,82,85)/b14-12-,20-18-,27-25-,73-69+. The monoisotopic (exact) mass is 1220 g/mol. The minimum absolute atomic E-state index is 0.0129. The van der Waals surface area contributed by atoms with E-state index in [0.717, 1.165) is 51.4 Å². The van der Waals surface area contributed by atoms with Crippen molar-refractivity contribution in [2.24, 2.45) is 0 Å². The maximum Gasteiger partial charge on any atom is 0.305 e. The van der Waals surface area contributed by atoms with Crippen LogP contribution in [0.25, 0.3) is 0 Å². The van der Waals surface area contributed by atoms with Crippen molar-refractivity contribution in [2.75, 3.05) is 13.2 Å². The molecule has 0 aliphatic carbocycles. The molecule has 87 heavy (non-hydrogen) atoms. The van der Waals surface area contributed by atoms with E-state index in [1.807, 2.05) is 6.08 Å². The summed E-state index contributed by atoms with van der Waals surface area (Å²) in [7, 11) is 0. The molecule has 0 aromatic carbocycles. The van der Waals surface area contributed by atoms with Gasteiger partial charge in [-0.3, -0.25) is 9.59 Å². The van der Waals surface area contributed by atoms with E-state index in [1.165, 1.54) is 353 Å². The molecule has 0 radical (unpaired) electrons. The maximum atomic E-state index is 12.5. The van der Waals surface area contributed by atoms with E-state index in [0.29, 0.717) is 19.4 Å². The van der Waals surface area contributed by atoms with Gasteiger partial charge in [-0.15, -0.1) is 0 Å². The molecule has 6 nitrogen and oxygen atoms in total. The highest BCUT2D eigenvalue weighted by Gasteiger charge is 2.18. The second kappa shape index (κ2) is 76.3. The average Bonchev–Trinajstić information content (AvgIpc) is 3.52. The SMILES string of the molecule is CCCCC/C=C\C/C=C\CCCCCCCCCCCC(=O)OCCCCCCCCCCCCCC/C=C\CCCCCCCCCCCCCCCC(=O)NC(CO)C(O)/C=C/CCCCCCCCCCCCCCCCCCCCCC. The largest absolute Gasteiger partial charge is 0.466 e. The van der Waals surface area contributed by atoms with Crippen LogP contribution in [0.15, 0.2) is 48.6 Å². The fourth-order valence-electron chi connectivity index (χ4n) is 12.3. The molecule has 0 aliphatic rings. The Bertz CT molecular complexity index is 1450. The summed E-state index contributed by atoms with van der Waals surface area (Å²) < 4.78 is 5.51. The lowest BCUT2D eigenvalue weighted by Crippen LogP contribution is -2.45. The zero-order valence-corrected chi connectivity index (χ0v) is 58.8. The molecule has 512 valence electrons. The molecule has 0 rings (SSSR count). The van der Waals surface area contributed by atoms with Gasteiger partial charge in [-0.2, -0.15) is 0 Å². The topological polar surface area (TPSA) is 95.9 Å². The second-order valence-electron chi connectivity index (χ2n) is 27.0. The molecule has 0 aliphatic heterocycles. The molecule has 2 atom stereocenters. The van der Waals surface area contributed by atoms with Gasteiger partial charge < -0.3 is 20.3 Å². The van der Waals surface area contributed by atoms with Crippen molar-refractivity contribution < 1.29 is 24.5 Å². The van der Waals surface area contributed by atoms with Crippen LogP contribution in [0.5, 0.6) is 0 Å². The quantitative estimate of drug-likeness (QED) is 0.0320. The number of esters is 1. The summed E-state index contributed by atoms with van der Waals surface area (Å²) in [4.78, 5) is 24.7. The van der Waals surface area contributed by atoms with Crippen molar-refractivity contribution in [3.05, 3.63) is 48.6 Å². The zero-order chi connectivity index (χ0) is 62.8. The fourth-order valence-corrected chi connectivity index (χ4v) is 12.3. The molecule has 2 unspecified atom stereocenters. The molecular weight excluding hydrogens is 1070 g/mol. The van der Waals surface area contributed by atoms with Gasteiger partial charge in [0, 0.05) is 12.8 Å². The molecule has 0 fully saturated rings. The number of rotatable bonds is 74. The molecule has 0 spiro atoms. The highest BCUT2D eigenvalue weighted by molar-refractivity contribution is 5.76. The highest BCUT2D eigenvalue weighted by atomic mass is 16.5. The van der Waals surface area contributed by atoms with Crippen molar-refractivity contribution in [3.63, 3.8) is 0 Å². The van der Waals surface area contributed by atoms with Crippen molar-refractivity contribution in [2.45, 2.75) is 443 Å². The van der Waals surface area contributed by atoms with E-state index in [1.54, 1.807) is 6.08 Å². The van der Waals surface area contributed by atoms with Crippen molar-refractivity contribution in [3.8, 4) is 0 Å². The summed E-state index contributed by atoms with van der Waals surface area (Å²) >= 11 is 0. The first kappa shape index (κ1) is 84.8. The van der Waals surface area contributed by atoms with Gasteiger partial charge in [-0.25, -0.2) is 0 Å². The molecule has 0 saturated carbocycles. The Balaban J connectivity index is 3.39. The number of unbranched alkanes of at least 4 members (excludes halogenated alkanes) is 57. The lowest BCUT2D eigenvalue weighted by atomic mass is 10.0. The van der Waals surface area contributed by atoms with Crippen LogP contribution >= 0.6 is 0 Å². The van der Waals surface area contributed by atoms with Crippen LogP contribution in [0, 0.1) is 0 Å². The van der Waals surface area contributed by atoms with Gasteiger partial charge in [-0.1, -0.05) is 377 Å². The summed E-state index contributed by atoms with van der Waals surface area (Å²) in [5, 5.41) is 23.3. The third-order valence-corrected chi connectivity index (χ3v) is 18.3. The summed E-state index contributed by atoms with van der Waals surface area (Å²) in [6.07, 6.45) is 101. The molecule has 0 bridgehead atoms. The Kier molecular flexibility index (Phi) is 74.4. The second-order valence-corrected chi connectivity index (χ2v) is 27.0. The van der Waals surface area contributed by atoms with Crippen molar-refractivity contribution in [1.82, 2.24) is 5.32 Å². The van der Waals surface area contributed by atoms with Crippen LogP contribution in [0.3, 0.4) is 0 Å². The Hall–Kier alpha value is -2.18. The molecule has 0 saturated heterocycles. The summed E-state index contributed by atoms with van der Waals surface area (Å²) in [6.45, 7) is 4.92. The molecular formula is C81H153NO5. The third kappa shape index (κ3) is 72.8. The summed E-state index contributed by atoms with van der Waals surface area (Å²) in [6, 6.07) is -0.629. The van der Waals surface area contributed by atoms with Gasteiger partial charge in [-0.05, 0) is 89.9 Å². The number of allylic oxidation sites excluding steroid dienone is 7. The number of carbonyl (C=O) groups excluding carboxylic acids is 2. The van der Waals surface area contributed by atoms with E-state index in [4.69, 9.17) is 4.74 Å². The minimum Gasteiger partial charge on any atom is -0.466 e. The van der Waals surface area contributed by atoms with Crippen LogP contribution in [0.2, 0.25) is 0 Å². The van der Waals surface area contributed by atoms with Crippen molar-refractivity contribution in [1.29, 1.82) is 0 Å². The highest BCUT2D eigenvalue weighted by Crippen LogP contribution is 2.19. The molecule has 1 amide bonds. The zero-order valence-electron chi connectivity index (χ0n) is 58.8. The van der Waals surface area contributed by atoms with Gasteiger partial charge in [0.15, 0.2) is 0 Å². The fraction of sp³-hybridized carbons (Fsp3) is 0.877. The van der Waals surface area contributed by atoms with E-state index in [9.17, 15) is 19.8 Å². The number of amides is 1. The van der Waals surface area contributed by atoms with Crippen molar-refractivity contribution >= 4 is 11.9 Å². The molecule has 0 aromatic rings. The number of aliphatic hydroxyl groups excluding tert-OH is 2. The number of nitrogens with one attached hydrogen (secondary N) is 1. The van der Waals surface area contributed by atoms with Gasteiger partial charge in [0.1, 0.15) is 0 Å². The first-order valence-corrected chi connectivity index (χ1v) is 39.4. The van der Waals surface area contributed by atoms with Gasteiger partial charge in [0.25, 0.3) is 0 Å². The molecule has 3 N–H and O–H groups in total. The molecule has 0 aromatic heterocycles. The predicted molar refractivity (Wildman–Crippen MR) is 384 cm³/mol. The van der Waals surface area contributed by atoms with E-state index < -0.39 is 12.1 Å². The Labute approximate surface area is 544 Å². The van der Waals surface area contributed by atoms with Gasteiger partial charge in [0.2, 0.25) is 5.91 Å². The lowest BCUT2D eigenvalue weighted by Gasteiger charge is -2.20. The van der Waals surface area contributed by atoms with Crippen LogP contribution in [-0.4, -0.2) is 47.4 Å². The Morgan fingerprint density at radius 2 is 0.575 bits per heavy atom. The predicted octanol–water partition coefficient (Wildman–Crippen LogP) is 26.0. The van der Waals surface area contributed by atoms with Crippen LogP contribution in [0.4, 0.5) is 0 Å². The first-order chi connectivity index (χ1) is 43.0. The minimum atomic E-state index is -0.846. The van der Waals surface area contributed by atoms with Gasteiger partial charge in [0.05, 0.1) is 25.4 Å². The molecule has 6 heteroatoms. The van der Waals surface area contributed by atoms with Crippen LogP contribution < -0.4 is 5.32 Å². The number of ether oxygens (including phenoxy) is 1.